The fraction of sp³-hybridized carbons (Fsp3) is 0.222. The van der Waals surface area contributed by atoms with Gasteiger partial charge in [0.15, 0.2) is 0 Å². The average Bonchev–Trinajstić information content (AvgIpc) is 3.19. The van der Waals surface area contributed by atoms with Gasteiger partial charge < -0.3 is 10.6 Å². The number of hydrogen-bond donors (Lipinski definition) is 4. The van der Waals surface area contributed by atoms with Crippen molar-refractivity contribution < 1.29 is 4.79 Å². The number of H-pyrrole nitrogens is 1. The third-order valence-corrected chi connectivity index (χ3v) is 7.05. The van der Waals surface area contributed by atoms with E-state index in [9.17, 15) is 9.59 Å². The summed E-state index contributed by atoms with van der Waals surface area (Å²) in [6.07, 6.45) is 1.92. The number of aromatic amines is 1. The number of rotatable bonds is 3. The van der Waals surface area contributed by atoms with Crippen molar-refractivity contribution in [2.45, 2.75) is 24.4 Å². The summed E-state index contributed by atoms with van der Waals surface area (Å²) in [7, 11) is 0. The first-order valence-corrected chi connectivity index (χ1v) is 11.6. The van der Waals surface area contributed by atoms with Crippen molar-refractivity contribution >= 4 is 22.4 Å². The number of carbonyl (C=O) groups excluding carboxylic acids is 1. The van der Waals surface area contributed by atoms with Crippen LogP contribution in [0.15, 0.2) is 77.6 Å². The Morgan fingerprint density at radius 1 is 0.912 bits per heavy atom. The van der Waals surface area contributed by atoms with Gasteiger partial charge in [-0.1, -0.05) is 54.6 Å². The summed E-state index contributed by atoms with van der Waals surface area (Å²) in [5.41, 5.74) is 4.22. The van der Waals surface area contributed by atoms with E-state index >= 15 is 0 Å². The highest BCUT2D eigenvalue weighted by Gasteiger charge is 2.45. The minimum atomic E-state index is -0.390. The Labute approximate surface area is 196 Å². The molecule has 3 heterocycles. The zero-order chi connectivity index (χ0) is 23.1. The quantitative estimate of drug-likeness (QED) is 0.382. The van der Waals surface area contributed by atoms with Gasteiger partial charge in [0.05, 0.1) is 11.1 Å². The number of anilines is 1. The molecular formula is C27H25N5O2. The molecule has 4 N–H and O–H groups in total. The lowest BCUT2D eigenvalue weighted by molar-refractivity contribution is -0.118. The van der Waals surface area contributed by atoms with Crippen molar-refractivity contribution in [1.82, 2.24) is 20.8 Å². The minimum Gasteiger partial charge on any atom is -0.324 e. The number of fused-ring (bicyclic) bond motifs is 3. The molecule has 1 unspecified atom stereocenters. The molecule has 1 atom stereocenters. The molecule has 0 saturated carbocycles. The summed E-state index contributed by atoms with van der Waals surface area (Å²) >= 11 is 0. The molecule has 1 aromatic heterocycles. The molecule has 0 bridgehead atoms. The molecule has 6 rings (SSSR count). The normalized spacial score (nSPS) is 18.6. The number of amides is 1. The molecule has 170 valence electrons. The maximum absolute atomic E-state index is 13.3. The summed E-state index contributed by atoms with van der Waals surface area (Å²) < 4.78 is 0. The van der Waals surface area contributed by atoms with E-state index in [0.717, 1.165) is 42.4 Å². The molecule has 0 aliphatic carbocycles. The molecule has 1 spiro atoms. The first kappa shape index (κ1) is 20.8. The summed E-state index contributed by atoms with van der Waals surface area (Å²) in [5.74, 6) is -0.0665. The molecular weight excluding hydrogens is 426 g/mol. The van der Waals surface area contributed by atoms with Crippen molar-refractivity contribution in [2.75, 3.05) is 18.4 Å². The van der Waals surface area contributed by atoms with Crippen LogP contribution in [0.4, 0.5) is 5.69 Å². The zero-order valence-corrected chi connectivity index (χ0v) is 18.6. The second-order valence-corrected chi connectivity index (χ2v) is 9.01. The van der Waals surface area contributed by atoms with Crippen LogP contribution in [0.1, 0.15) is 30.0 Å². The smallest absolute Gasteiger partial charge is 0.272 e. The number of nitrogens with zero attached hydrogens (tertiary/aromatic N) is 1. The van der Waals surface area contributed by atoms with Crippen molar-refractivity contribution in [2.24, 2.45) is 0 Å². The molecule has 4 aromatic rings. The Morgan fingerprint density at radius 2 is 1.62 bits per heavy atom. The lowest BCUT2D eigenvalue weighted by atomic mass is 9.82. The second kappa shape index (κ2) is 8.20. The molecule has 2 aliphatic heterocycles. The van der Waals surface area contributed by atoms with Crippen LogP contribution in [0, 0.1) is 0 Å². The summed E-state index contributed by atoms with van der Waals surface area (Å²) in [6, 6.07) is 22.8. The second-order valence-electron chi connectivity index (χ2n) is 9.01. The topological polar surface area (TPSA) is 98.9 Å². The molecule has 2 aliphatic rings. The Bertz CT molecular complexity index is 1440. The van der Waals surface area contributed by atoms with E-state index in [1.807, 2.05) is 48.5 Å². The number of nitrogens with one attached hydrogen (secondary N) is 4. The third-order valence-electron chi connectivity index (χ3n) is 7.05. The highest BCUT2D eigenvalue weighted by atomic mass is 16.2. The van der Waals surface area contributed by atoms with Gasteiger partial charge >= 0.3 is 0 Å². The predicted molar refractivity (Wildman–Crippen MR) is 133 cm³/mol. The monoisotopic (exact) mass is 451 g/mol. The van der Waals surface area contributed by atoms with Gasteiger partial charge in [-0.15, -0.1) is 0 Å². The maximum atomic E-state index is 13.3. The number of aromatic nitrogens is 2. The SMILES string of the molecule is O=C(Nc1ccc(-c2n[nH]c(=O)c3ccccc23)cc1)C1NC2(CCNCC2)c2ccccc21. The van der Waals surface area contributed by atoms with E-state index in [2.05, 4.69) is 44.3 Å². The van der Waals surface area contributed by atoms with Crippen LogP contribution >= 0.6 is 0 Å². The molecule has 3 aromatic carbocycles. The number of piperidine rings is 1. The first-order valence-electron chi connectivity index (χ1n) is 11.6. The number of hydrogen-bond acceptors (Lipinski definition) is 5. The van der Waals surface area contributed by atoms with E-state index in [1.165, 1.54) is 5.56 Å². The van der Waals surface area contributed by atoms with Gasteiger partial charge in [0, 0.05) is 22.2 Å². The highest BCUT2D eigenvalue weighted by molar-refractivity contribution is 5.97. The van der Waals surface area contributed by atoms with Crippen LogP contribution < -0.4 is 21.5 Å². The fourth-order valence-electron chi connectivity index (χ4n) is 5.35. The Morgan fingerprint density at radius 3 is 2.41 bits per heavy atom. The molecule has 34 heavy (non-hydrogen) atoms. The van der Waals surface area contributed by atoms with Gasteiger partial charge in [-0.2, -0.15) is 5.10 Å². The van der Waals surface area contributed by atoms with Crippen LogP contribution in [-0.2, 0) is 10.3 Å². The zero-order valence-electron chi connectivity index (χ0n) is 18.6. The van der Waals surface area contributed by atoms with Crippen LogP contribution in [0.5, 0.6) is 0 Å². The Kier molecular flexibility index (Phi) is 5.01. The highest BCUT2D eigenvalue weighted by Crippen LogP contribution is 2.43. The fourth-order valence-corrected chi connectivity index (χ4v) is 5.35. The standard InChI is InChI=1S/C27H25N5O2/c33-25-20-6-2-1-5-19(20)23(31-32-25)17-9-11-18(12-10-17)29-26(34)24-21-7-3-4-8-22(21)27(30-24)13-15-28-16-14-27/h1-12,24,28,30H,13-16H2,(H,29,34)(H,32,33). The van der Waals surface area contributed by atoms with Gasteiger partial charge in [0.1, 0.15) is 6.04 Å². The first-order chi connectivity index (χ1) is 16.6. The molecule has 0 radical (unpaired) electrons. The van der Waals surface area contributed by atoms with Crippen molar-refractivity contribution in [3.8, 4) is 11.3 Å². The number of benzene rings is 3. The minimum absolute atomic E-state index is 0.0665. The Hall–Kier alpha value is -3.81. The van der Waals surface area contributed by atoms with Crippen molar-refractivity contribution in [3.05, 3.63) is 94.3 Å². The van der Waals surface area contributed by atoms with E-state index in [-0.39, 0.29) is 17.0 Å². The number of carbonyl (C=O) groups is 1. The van der Waals surface area contributed by atoms with Gasteiger partial charge in [0.25, 0.3) is 5.56 Å². The van der Waals surface area contributed by atoms with Gasteiger partial charge in [-0.3, -0.25) is 14.9 Å². The van der Waals surface area contributed by atoms with E-state index in [1.54, 1.807) is 6.07 Å². The van der Waals surface area contributed by atoms with Crippen LogP contribution in [0.2, 0.25) is 0 Å². The maximum Gasteiger partial charge on any atom is 0.272 e. The lowest BCUT2D eigenvalue weighted by Gasteiger charge is -2.35. The Balaban J connectivity index is 1.25. The van der Waals surface area contributed by atoms with Crippen LogP contribution in [-0.4, -0.2) is 29.2 Å². The summed E-state index contributed by atoms with van der Waals surface area (Å²) in [4.78, 5) is 25.4. The largest absolute Gasteiger partial charge is 0.324 e. The van der Waals surface area contributed by atoms with Crippen molar-refractivity contribution in [1.29, 1.82) is 0 Å². The van der Waals surface area contributed by atoms with E-state index in [4.69, 9.17) is 0 Å². The van der Waals surface area contributed by atoms with Gasteiger partial charge in [-0.05, 0) is 55.3 Å². The summed E-state index contributed by atoms with van der Waals surface area (Å²) in [5, 5.41) is 18.4. The van der Waals surface area contributed by atoms with Gasteiger partial charge in [-0.25, -0.2) is 5.10 Å². The molecule has 1 saturated heterocycles. The molecule has 1 amide bonds. The molecule has 7 nitrogen and oxygen atoms in total. The van der Waals surface area contributed by atoms with E-state index in [0.29, 0.717) is 16.8 Å². The molecule has 1 fully saturated rings. The average molecular weight is 452 g/mol. The predicted octanol–water partition coefficient (Wildman–Crippen LogP) is 3.45. The molecule has 7 heteroatoms. The van der Waals surface area contributed by atoms with Gasteiger partial charge in [0.2, 0.25) is 5.91 Å². The van der Waals surface area contributed by atoms with Crippen LogP contribution in [0.3, 0.4) is 0 Å². The third kappa shape index (κ3) is 3.41. The lowest BCUT2D eigenvalue weighted by Crippen LogP contribution is -2.48. The summed E-state index contributed by atoms with van der Waals surface area (Å²) in [6.45, 7) is 1.87. The van der Waals surface area contributed by atoms with Crippen molar-refractivity contribution in [3.63, 3.8) is 0 Å². The van der Waals surface area contributed by atoms with E-state index < -0.39 is 6.04 Å². The van der Waals surface area contributed by atoms with Crippen LogP contribution in [0.25, 0.3) is 22.0 Å².